The van der Waals surface area contributed by atoms with Crippen molar-refractivity contribution >= 4 is 5.69 Å². The quantitative estimate of drug-likeness (QED) is 0.786. The van der Waals surface area contributed by atoms with E-state index in [1.165, 1.54) is 11.3 Å². The lowest BCUT2D eigenvalue weighted by Crippen LogP contribution is -2.47. The first-order chi connectivity index (χ1) is 9.35. The van der Waals surface area contributed by atoms with Crippen LogP contribution in [0.5, 0.6) is 0 Å². The van der Waals surface area contributed by atoms with Crippen LogP contribution in [0.2, 0.25) is 0 Å². The molecule has 1 heterocycles. The zero-order valence-electron chi connectivity index (χ0n) is 11.8. The van der Waals surface area contributed by atoms with E-state index in [4.69, 9.17) is 10.5 Å². The summed E-state index contributed by atoms with van der Waals surface area (Å²) >= 11 is 0. The van der Waals surface area contributed by atoms with E-state index in [1.54, 1.807) is 7.11 Å². The largest absolute Gasteiger partial charge is 0.385 e. The van der Waals surface area contributed by atoms with Crippen molar-refractivity contribution in [3.63, 3.8) is 0 Å². The first-order valence-electron chi connectivity index (χ1n) is 7.09. The third kappa shape index (κ3) is 3.93. The number of benzene rings is 1. The maximum atomic E-state index is 5.81. The topological polar surface area (TPSA) is 41.7 Å². The van der Waals surface area contributed by atoms with Crippen LogP contribution in [0.4, 0.5) is 5.69 Å². The van der Waals surface area contributed by atoms with Crippen molar-refractivity contribution in [3.8, 4) is 0 Å². The van der Waals surface area contributed by atoms with E-state index in [1.807, 2.05) is 0 Å². The van der Waals surface area contributed by atoms with E-state index >= 15 is 0 Å². The van der Waals surface area contributed by atoms with E-state index in [2.05, 4.69) is 34.1 Å². The number of nitrogens with zero attached hydrogens (tertiary/aromatic N) is 2. The Hall–Kier alpha value is -1.10. The summed E-state index contributed by atoms with van der Waals surface area (Å²) in [6.45, 7) is 7.04. The van der Waals surface area contributed by atoms with Crippen molar-refractivity contribution in [1.82, 2.24) is 4.90 Å². The Labute approximate surface area is 116 Å². The molecule has 1 aromatic rings. The Morgan fingerprint density at radius 2 is 1.89 bits per heavy atom. The van der Waals surface area contributed by atoms with Crippen molar-refractivity contribution in [2.24, 2.45) is 5.73 Å². The van der Waals surface area contributed by atoms with Gasteiger partial charge in [-0.1, -0.05) is 18.2 Å². The van der Waals surface area contributed by atoms with Gasteiger partial charge in [-0.25, -0.2) is 0 Å². The fourth-order valence-corrected chi connectivity index (χ4v) is 2.64. The molecule has 2 N–H and O–H groups in total. The maximum absolute atomic E-state index is 5.81. The molecule has 19 heavy (non-hydrogen) atoms. The third-order valence-corrected chi connectivity index (χ3v) is 3.75. The summed E-state index contributed by atoms with van der Waals surface area (Å²) in [6, 6.07) is 8.47. The van der Waals surface area contributed by atoms with Crippen LogP contribution in [0, 0.1) is 0 Å². The smallest absolute Gasteiger partial charge is 0.0474 e. The molecule has 2 rings (SSSR count). The van der Waals surface area contributed by atoms with Gasteiger partial charge in [-0.15, -0.1) is 0 Å². The average molecular weight is 263 g/mol. The molecule has 1 saturated heterocycles. The predicted octanol–water partition coefficient (Wildman–Crippen LogP) is 1.30. The van der Waals surface area contributed by atoms with Gasteiger partial charge in [0.1, 0.15) is 0 Å². The standard InChI is InChI=1S/C15H25N3O/c1-19-12-4-7-17-8-10-18(11-9-17)15-6-3-2-5-14(15)13-16/h2-3,5-6H,4,7-13,16H2,1H3. The lowest BCUT2D eigenvalue weighted by Gasteiger charge is -2.37. The maximum Gasteiger partial charge on any atom is 0.0474 e. The molecular formula is C15H25N3O. The Balaban J connectivity index is 1.85. The fraction of sp³-hybridized carbons (Fsp3) is 0.600. The summed E-state index contributed by atoms with van der Waals surface area (Å²) in [5.41, 5.74) is 8.37. The number of methoxy groups -OCH3 is 1. The van der Waals surface area contributed by atoms with Crippen LogP contribution in [0.25, 0.3) is 0 Å². The van der Waals surface area contributed by atoms with Crippen molar-refractivity contribution in [2.45, 2.75) is 13.0 Å². The highest BCUT2D eigenvalue weighted by atomic mass is 16.5. The molecule has 0 aromatic heterocycles. The minimum Gasteiger partial charge on any atom is -0.385 e. The number of nitrogens with two attached hydrogens (primary N) is 1. The van der Waals surface area contributed by atoms with Crippen LogP contribution in [0.1, 0.15) is 12.0 Å². The van der Waals surface area contributed by atoms with Crippen molar-refractivity contribution in [1.29, 1.82) is 0 Å². The number of hydrogen-bond acceptors (Lipinski definition) is 4. The Kier molecular flexibility index (Phi) is 5.63. The van der Waals surface area contributed by atoms with Gasteiger partial charge in [0.05, 0.1) is 0 Å². The van der Waals surface area contributed by atoms with Crippen LogP contribution < -0.4 is 10.6 Å². The highest BCUT2D eigenvalue weighted by molar-refractivity contribution is 5.53. The van der Waals surface area contributed by atoms with Gasteiger partial charge in [0.2, 0.25) is 0 Å². The molecule has 0 aliphatic carbocycles. The summed E-state index contributed by atoms with van der Waals surface area (Å²) in [4.78, 5) is 4.97. The first-order valence-corrected chi connectivity index (χ1v) is 7.09. The molecule has 0 atom stereocenters. The van der Waals surface area contributed by atoms with Gasteiger partial charge < -0.3 is 15.4 Å². The molecule has 0 amide bonds. The molecule has 106 valence electrons. The molecule has 1 aromatic carbocycles. The molecular weight excluding hydrogens is 238 g/mol. The Bertz CT molecular complexity index is 375. The molecule has 1 aliphatic heterocycles. The number of ether oxygens (including phenoxy) is 1. The third-order valence-electron chi connectivity index (χ3n) is 3.75. The number of piperazine rings is 1. The molecule has 0 saturated carbocycles. The van der Waals surface area contributed by atoms with Gasteiger partial charge >= 0.3 is 0 Å². The second-order valence-electron chi connectivity index (χ2n) is 5.01. The summed E-state index contributed by atoms with van der Waals surface area (Å²) in [7, 11) is 1.77. The van der Waals surface area contributed by atoms with Gasteiger partial charge in [0.25, 0.3) is 0 Å². The zero-order valence-corrected chi connectivity index (χ0v) is 11.8. The van der Waals surface area contributed by atoms with E-state index in [0.29, 0.717) is 6.54 Å². The molecule has 4 heteroatoms. The van der Waals surface area contributed by atoms with Crippen LogP contribution in [-0.2, 0) is 11.3 Å². The average Bonchev–Trinajstić information content (AvgIpc) is 2.48. The van der Waals surface area contributed by atoms with E-state index in [0.717, 1.165) is 45.8 Å². The molecule has 0 bridgehead atoms. The summed E-state index contributed by atoms with van der Waals surface area (Å²) < 4.78 is 5.10. The van der Waals surface area contributed by atoms with E-state index in [-0.39, 0.29) is 0 Å². The lowest BCUT2D eigenvalue weighted by atomic mass is 10.1. The van der Waals surface area contributed by atoms with Gasteiger partial charge in [-0.05, 0) is 18.1 Å². The van der Waals surface area contributed by atoms with Crippen LogP contribution in [0.3, 0.4) is 0 Å². The van der Waals surface area contributed by atoms with Crippen LogP contribution >= 0.6 is 0 Å². The molecule has 4 nitrogen and oxygen atoms in total. The van der Waals surface area contributed by atoms with Crippen molar-refractivity contribution < 1.29 is 4.74 Å². The number of para-hydroxylation sites is 1. The predicted molar refractivity (Wildman–Crippen MR) is 79.5 cm³/mol. The summed E-state index contributed by atoms with van der Waals surface area (Å²) in [5, 5.41) is 0. The highest BCUT2D eigenvalue weighted by Gasteiger charge is 2.18. The van der Waals surface area contributed by atoms with E-state index in [9.17, 15) is 0 Å². The highest BCUT2D eigenvalue weighted by Crippen LogP contribution is 2.21. The van der Waals surface area contributed by atoms with Crippen LogP contribution in [0.15, 0.2) is 24.3 Å². The second kappa shape index (κ2) is 7.48. The summed E-state index contributed by atoms with van der Waals surface area (Å²) in [5.74, 6) is 0. The van der Waals surface area contributed by atoms with Crippen molar-refractivity contribution in [2.75, 3.05) is 51.3 Å². The molecule has 0 unspecified atom stereocenters. The molecule has 1 aliphatic rings. The minimum absolute atomic E-state index is 0.615. The second-order valence-corrected chi connectivity index (χ2v) is 5.01. The van der Waals surface area contributed by atoms with Crippen molar-refractivity contribution in [3.05, 3.63) is 29.8 Å². The number of anilines is 1. The van der Waals surface area contributed by atoms with E-state index < -0.39 is 0 Å². The monoisotopic (exact) mass is 263 g/mol. The lowest BCUT2D eigenvalue weighted by molar-refractivity contribution is 0.169. The van der Waals surface area contributed by atoms with Gasteiger partial charge in [0.15, 0.2) is 0 Å². The minimum atomic E-state index is 0.615. The summed E-state index contributed by atoms with van der Waals surface area (Å²) in [6.07, 6.45) is 1.12. The van der Waals surface area contributed by atoms with Crippen LogP contribution in [-0.4, -0.2) is 51.3 Å². The normalized spacial score (nSPS) is 16.8. The Morgan fingerprint density at radius 3 is 2.58 bits per heavy atom. The number of hydrogen-bond donors (Lipinski definition) is 1. The molecule has 0 spiro atoms. The Morgan fingerprint density at radius 1 is 1.16 bits per heavy atom. The zero-order chi connectivity index (χ0) is 13.5. The van der Waals surface area contributed by atoms with Gasteiger partial charge in [-0.2, -0.15) is 0 Å². The first kappa shape index (κ1) is 14.3. The molecule has 1 fully saturated rings. The fourth-order valence-electron chi connectivity index (χ4n) is 2.64. The SMILES string of the molecule is COCCCN1CCN(c2ccccc2CN)CC1. The van der Waals surface area contributed by atoms with Gasteiger partial charge in [-0.3, -0.25) is 4.90 Å². The molecule has 0 radical (unpaired) electrons. The van der Waals surface area contributed by atoms with Gasteiger partial charge in [0, 0.05) is 58.7 Å². The number of rotatable bonds is 6.